The number of carbonyl (C=O) groups is 1. The second-order valence-corrected chi connectivity index (χ2v) is 8.39. The molecule has 1 heterocycles. The predicted octanol–water partition coefficient (Wildman–Crippen LogP) is 2.32. The maximum absolute atomic E-state index is 13.0. The average Bonchev–Trinajstić information content (AvgIpc) is 2.77. The van der Waals surface area contributed by atoms with E-state index in [4.69, 9.17) is 9.47 Å². The first kappa shape index (κ1) is 24.0. The van der Waals surface area contributed by atoms with Gasteiger partial charge in [-0.05, 0) is 37.1 Å². The van der Waals surface area contributed by atoms with E-state index in [0.29, 0.717) is 37.7 Å². The number of amides is 1. The fourth-order valence-corrected chi connectivity index (χ4v) is 3.97. The zero-order valence-electron chi connectivity index (χ0n) is 19.0. The van der Waals surface area contributed by atoms with Crippen molar-refractivity contribution in [2.24, 2.45) is 0 Å². The molecule has 8 heteroatoms. The highest BCUT2D eigenvalue weighted by Gasteiger charge is 2.29. The van der Waals surface area contributed by atoms with Crippen molar-refractivity contribution in [1.82, 2.24) is 4.90 Å². The third-order valence-electron chi connectivity index (χ3n) is 5.80. The third kappa shape index (κ3) is 6.43. The number of aliphatic hydroxyl groups is 1. The van der Waals surface area contributed by atoms with Gasteiger partial charge in [-0.1, -0.05) is 30.3 Å². The molecular formula is C24H33N3O5. The largest absolute Gasteiger partial charge is 0.633 e. The molecule has 0 saturated carbocycles. The number of carbonyl (C=O) groups excluding carboxylic acids is 1. The number of nitrogens with one attached hydrogen (secondary N) is 1. The Kier molecular flexibility index (Phi) is 8.09. The molecule has 1 amide bonds. The highest BCUT2D eigenvalue weighted by Crippen LogP contribution is 2.26. The Morgan fingerprint density at radius 3 is 2.38 bits per heavy atom. The zero-order chi connectivity index (χ0) is 23.1. The van der Waals surface area contributed by atoms with E-state index in [1.54, 1.807) is 19.2 Å². The minimum atomic E-state index is -0.892. The summed E-state index contributed by atoms with van der Waals surface area (Å²) in [6.45, 7) is 5.90. The van der Waals surface area contributed by atoms with Crippen molar-refractivity contribution in [3.05, 3.63) is 58.8 Å². The Labute approximate surface area is 189 Å². The van der Waals surface area contributed by atoms with Gasteiger partial charge in [-0.15, -0.1) is 0 Å². The van der Waals surface area contributed by atoms with Crippen molar-refractivity contribution in [1.29, 1.82) is 0 Å². The van der Waals surface area contributed by atoms with Crippen LogP contribution in [0.1, 0.15) is 11.1 Å². The smallest absolute Gasteiger partial charge is 0.238 e. The van der Waals surface area contributed by atoms with E-state index in [-0.39, 0.29) is 25.6 Å². The lowest BCUT2D eigenvalue weighted by Crippen LogP contribution is -2.59. The number of hydroxylamine groups is 3. The number of para-hydroxylation sites is 3. The molecule has 0 spiro atoms. The van der Waals surface area contributed by atoms with Gasteiger partial charge in [-0.25, -0.2) is 0 Å². The molecule has 1 fully saturated rings. The van der Waals surface area contributed by atoms with E-state index in [1.165, 1.54) is 0 Å². The SMILES string of the molecule is COc1ccccc1OCC(O)C[N+]1([O-])CCN(CC(=O)Nc2c(C)cccc2C)CC1. The Balaban J connectivity index is 1.44. The Morgan fingerprint density at radius 2 is 1.75 bits per heavy atom. The number of anilines is 1. The van der Waals surface area contributed by atoms with Gasteiger partial charge in [-0.2, -0.15) is 0 Å². The lowest BCUT2D eigenvalue weighted by Gasteiger charge is -2.48. The molecular weight excluding hydrogens is 410 g/mol. The molecule has 1 aliphatic rings. The lowest BCUT2D eigenvalue weighted by atomic mass is 10.1. The van der Waals surface area contributed by atoms with Gasteiger partial charge in [-0.3, -0.25) is 9.69 Å². The summed E-state index contributed by atoms with van der Waals surface area (Å²) in [5.74, 6) is 1.03. The van der Waals surface area contributed by atoms with Crippen molar-refractivity contribution in [2.45, 2.75) is 20.0 Å². The minimum Gasteiger partial charge on any atom is -0.633 e. The van der Waals surface area contributed by atoms with E-state index in [0.717, 1.165) is 16.8 Å². The van der Waals surface area contributed by atoms with Gasteiger partial charge < -0.3 is 29.8 Å². The molecule has 8 nitrogen and oxygen atoms in total. The summed E-state index contributed by atoms with van der Waals surface area (Å²) in [5, 5.41) is 26.4. The summed E-state index contributed by atoms with van der Waals surface area (Å²) in [6, 6.07) is 13.1. The number of piperazine rings is 1. The number of benzene rings is 2. The van der Waals surface area contributed by atoms with Crippen LogP contribution in [-0.4, -0.2) is 79.6 Å². The van der Waals surface area contributed by atoms with Gasteiger partial charge in [0.15, 0.2) is 11.5 Å². The highest BCUT2D eigenvalue weighted by molar-refractivity contribution is 5.93. The van der Waals surface area contributed by atoms with Crippen LogP contribution in [0.15, 0.2) is 42.5 Å². The van der Waals surface area contributed by atoms with E-state index < -0.39 is 10.8 Å². The van der Waals surface area contributed by atoms with Crippen LogP contribution in [0, 0.1) is 19.1 Å². The standard InChI is InChI=1S/C24H33N3O5/c1-18-7-6-8-19(2)24(18)25-23(29)15-26-11-13-27(30,14-12-26)16-20(28)17-32-22-10-5-4-9-21(22)31-3/h4-10,20,28H,11-17H2,1-3H3,(H,25,29). The first-order valence-corrected chi connectivity index (χ1v) is 10.9. The van der Waals surface area contributed by atoms with Crippen LogP contribution < -0.4 is 14.8 Å². The van der Waals surface area contributed by atoms with E-state index >= 15 is 0 Å². The van der Waals surface area contributed by atoms with E-state index in [1.807, 2.05) is 49.1 Å². The van der Waals surface area contributed by atoms with Gasteiger partial charge in [0, 0.05) is 18.8 Å². The number of nitrogens with zero attached hydrogens (tertiary/aromatic N) is 2. The summed E-state index contributed by atoms with van der Waals surface area (Å²) in [5.41, 5.74) is 2.90. The summed E-state index contributed by atoms with van der Waals surface area (Å²) in [4.78, 5) is 14.5. The lowest BCUT2D eigenvalue weighted by molar-refractivity contribution is -0.888. The summed E-state index contributed by atoms with van der Waals surface area (Å²) in [7, 11) is 1.55. The summed E-state index contributed by atoms with van der Waals surface area (Å²) < 4.78 is 10.4. The number of quaternary nitrogens is 1. The zero-order valence-corrected chi connectivity index (χ0v) is 19.0. The molecule has 0 aromatic heterocycles. The van der Waals surface area contributed by atoms with Crippen molar-refractivity contribution in [3.8, 4) is 11.5 Å². The number of hydrogen-bond donors (Lipinski definition) is 2. The van der Waals surface area contributed by atoms with Crippen LogP contribution in [0.2, 0.25) is 0 Å². The number of rotatable bonds is 9. The topological polar surface area (TPSA) is 94.1 Å². The number of hydrogen-bond acceptors (Lipinski definition) is 6. The molecule has 0 bridgehead atoms. The molecule has 2 aromatic carbocycles. The monoisotopic (exact) mass is 443 g/mol. The molecule has 0 aliphatic carbocycles. The van der Waals surface area contributed by atoms with Crippen molar-refractivity contribution in [3.63, 3.8) is 0 Å². The molecule has 1 unspecified atom stereocenters. The third-order valence-corrected chi connectivity index (χ3v) is 5.80. The average molecular weight is 444 g/mol. The van der Waals surface area contributed by atoms with Gasteiger partial charge >= 0.3 is 0 Å². The highest BCUT2D eigenvalue weighted by atomic mass is 16.6. The van der Waals surface area contributed by atoms with Gasteiger partial charge in [0.05, 0.1) is 26.7 Å². The minimum absolute atomic E-state index is 0.0184. The van der Waals surface area contributed by atoms with Crippen LogP contribution in [0.25, 0.3) is 0 Å². The van der Waals surface area contributed by atoms with Crippen LogP contribution in [0.5, 0.6) is 11.5 Å². The summed E-state index contributed by atoms with van der Waals surface area (Å²) in [6.07, 6.45) is -0.892. The predicted molar refractivity (Wildman–Crippen MR) is 124 cm³/mol. The normalized spacial score (nSPS) is 16.9. The van der Waals surface area contributed by atoms with Crippen LogP contribution in [0.3, 0.4) is 0 Å². The van der Waals surface area contributed by atoms with Crippen LogP contribution >= 0.6 is 0 Å². The maximum Gasteiger partial charge on any atom is 0.238 e. The quantitative estimate of drug-likeness (QED) is 0.456. The van der Waals surface area contributed by atoms with E-state index in [9.17, 15) is 15.1 Å². The molecule has 2 aromatic rings. The summed E-state index contributed by atoms with van der Waals surface area (Å²) >= 11 is 0. The molecule has 0 radical (unpaired) electrons. The maximum atomic E-state index is 13.0. The molecule has 1 aliphatic heterocycles. The Bertz CT molecular complexity index is 892. The van der Waals surface area contributed by atoms with Gasteiger partial charge in [0.2, 0.25) is 5.91 Å². The number of aliphatic hydroxyl groups excluding tert-OH is 1. The van der Waals surface area contributed by atoms with E-state index in [2.05, 4.69) is 5.32 Å². The van der Waals surface area contributed by atoms with Crippen LogP contribution in [-0.2, 0) is 4.79 Å². The van der Waals surface area contributed by atoms with Crippen molar-refractivity contribution < 1.29 is 24.0 Å². The molecule has 2 N–H and O–H groups in total. The Morgan fingerprint density at radius 1 is 1.12 bits per heavy atom. The molecule has 1 atom stereocenters. The van der Waals surface area contributed by atoms with Crippen molar-refractivity contribution in [2.75, 3.05) is 58.3 Å². The fraction of sp³-hybridized carbons (Fsp3) is 0.458. The molecule has 32 heavy (non-hydrogen) atoms. The van der Waals surface area contributed by atoms with Gasteiger partial charge in [0.25, 0.3) is 0 Å². The van der Waals surface area contributed by atoms with Gasteiger partial charge in [0.1, 0.15) is 19.3 Å². The molecule has 3 rings (SSSR count). The Hall–Kier alpha value is -2.65. The first-order valence-electron chi connectivity index (χ1n) is 10.9. The first-order chi connectivity index (χ1) is 15.3. The number of methoxy groups -OCH3 is 1. The number of aryl methyl sites for hydroxylation is 2. The second kappa shape index (κ2) is 10.8. The number of ether oxygens (including phenoxy) is 2. The fourth-order valence-electron chi connectivity index (χ4n) is 3.97. The van der Waals surface area contributed by atoms with Crippen molar-refractivity contribution >= 4 is 11.6 Å². The van der Waals surface area contributed by atoms with Crippen LogP contribution in [0.4, 0.5) is 5.69 Å². The molecule has 174 valence electrons. The molecule has 1 saturated heterocycles. The second-order valence-electron chi connectivity index (χ2n) is 8.39.